The van der Waals surface area contributed by atoms with Gasteiger partial charge in [-0.2, -0.15) is 0 Å². The van der Waals surface area contributed by atoms with Gasteiger partial charge in [0.15, 0.2) is 0 Å². The molecule has 0 unspecified atom stereocenters. The van der Waals surface area contributed by atoms with Gasteiger partial charge in [-0.15, -0.1) is 0 Å². The summed E-state index contributed by atoms with van der Waals surface area (Å²) in [6.07, 6.45) is 3.30. The summed E-state index contributed by atoms with van der Waals surface area (Å²) >= 11 is 0. The number of hydrogen-bond donors (Lipinski definition) is 2. The summed E-state index contributed by atoms with van der Waals surface area (Å²) in [5.41, 5.74) is 5.94. The second-order valence-corrected chi connectivity index (χ2v) is 6.05. The lowest BCUT2D eigenvalue weighted by Gasteiger charge is -2.07. The van der Waals surface area contributed by atoms with E-state index >= 15 is 0 Å². The molecule has 0 aliphatic heterocycles. The maximum absolute atomic E-state index is 12.1. The van der Waals surface area contributed by atoms with Crippen LogP contribution in [0, 0.1) is 13.8 Å². The number of aromatic amines is 1. The van der Waals surface area contributed by atoms with E-state index in [1.807, 2.05) is 24.4 Å². The molecule has 0 radical (unpaired) electrons. The molecule has 23 heavy (non-hydrogen) atoms. The molecule has 0 fully saturated rings. The molecule has 0 atom stereocenters. The Morgan fingerprint density at radius 2 is 1.91 bits per heavy atom. The summed E-state index contributed by atoms with van der Waals surface area (Å²) in [4.78, 5) is 15.3. The average molecular weight is 306 g/mol. The SMILES string of the molecule is Cc1ccc(CC(=O)NCCc2c[nH]c3ccccc23)cc1C. The van der Waals surface area contributed by atoms with Crippen molar-refractivity contribution in [3.63, 3.8) is 0 Å². The van der Waals surface area contributed by atoms with Gasteiger partial charge in [0.2, 0.25) is 5.91 Å². The normalized spacial score (nSPS) is 10.9. The van der Waals surface area contributed by atoms with E-state index in [4.69, 9.17) is 0 Å². The Morgan fingerprint density at radius 3 is 2.74 bits per heavy atom. The summed E-state index contributed by atoms with van der Waals surface area (Å²) in [7, 11) is 0. The van der Waals surface area contributed by atoms with Gasteiger partial charge >= 0.3 is 0 Å². The maximum Gasteiger partial charge on any atom is 0.224 e. The maximum atomic E-state index is 12.1. The van der Waals surface area contributed by atoms with Gasteiger partial charge in [0.25, 0.3) is 0 Å². The van der Waals surface area contributed by atoms with E-state index in [1.165, 1.54) is 22.1 Å². The second-order valence-electron chi connectivity index (χ2n) is 6.05. The number of carbonyl (C=O) groups is 1. The Morgan fingerprint density at radius 1 is 1.09 bits per heavy atom. The highest BCUT2D eigenvalue weighted by atomic mass is 16.1. The third-order valence-corrected chi connectivity index (χ3v) is 4.33. The van der Waals surface area contributed by atoms with E-state index in [9.17, 15) is 4.79 Å². The van der Waals surface area contributed by atoms with Crippen molar-refractivity contribution in [2.75, 3.05) is 6.54 Å². The standard InChI is InChI=1S/C20H22N2O/c1-14-7-8-16(11-15(14)2)12-20(23)21-10-9-17-13-22-19-6-4-3-5-18(17)19/h3-8,11,13,22H,9-10,12H2,1-2H3,(H,21,23). The number of amides is 1. The molecule has 0 aliphatic carbocycles. The Balaban J connectivity index is 1.54. The predicted molar refractivity (Wildman–Crippen MR) is 94.6 cm³/mol. The quantitative estimate of drug-likeness (QED) is 0.742. The molecule has 3 nitrogen and oxygen atoms in total. The van der Waals surface area contributed by atoms with E-state index in [0.717, 1.165) is 17.5 Å². The number of benzene rings is 2. The molecule has 0 aliphatic rings. The van der Waals surface area contributed by atoms with Crippen LogP contribution in [0.15, 0.2) is 48.7 Å². The summed E-state index contributed by atoms with van der Waals surface area (Å²) in [6, 6.07) is 14.4. The fraction of sp³-hybridized carbons (Fsp3) is 0.250. The molecule has 0 saturated carbocycles. The number of rotatable bonds is 5. The molecule has 1 amide bonds. The van der Waals surface area contributed by atoms with E-state index in [2.05, 4.69) is 48.4 Å². The predicted octanol–water partition coefficient (Wildman–Crippen LogP) is 3.69. The molecule has 2 aromatic carbocycles. The number of fused-ring (bicyclic) bond motifs is 1. The molecule has 1 aromatic heterocycles. The van der Waals surface area contributed by atoms with Crippen molar-refractivity contribution in [1.82, 2.24) is 10.3 Å². The minimum Gasteiger partial charge on any atom is -0.361 e. The molecule has 0 saturated heterocycles. The molecule has 3 rings (SSSR count). The van der Waals surface area contributed by atoms with Crippen LogP contribution >= 0.6 is 0 Å². The fourth-order valence-corrected chi connectivity index (χ4v) is 2.84. The highest BCUT2D eigenvalue weighted by Crippen LogP contribution is 2.17. The first-order chi connectivity index (χ1) is 11.1. The van der Waals surface area contributed by atoms with Crippen molar-refractivity contribution in [2.24, 2.45) is 0 Å². The molecular weight excluding hydrogens is 284 g/mol. The van der Waals surface area contributed by atoms with Crippen molar-refractivity contribution in [2.45, 2.75) is 26.7 Å². The smallest absolute Gasteiger partial charge is 0.224 e. The Kier molecular flexibility index (Phi) is 4.47. The van der Waals surface area contributed by atoms with Crippen LogP contribution in [0.2, 0.25) is 0 Å². The van der Waals surface area contributed by atoms with Crippen LogP contribution in [0.1, 0.15) is 22.3 Å². The monoisotopic (exact) mass is 306 g/mol. The van der Waals surface area contributed by atoms with Crippen molar-refractivity contribution >= 4 is 16.8 Å². The molecule has 3 aromatic rings. The minimum atomic E-state index is 0.0769. The molecule has 2 N–H and O–H groups in total. The fourth-order valence-electron chi connectivity index (χ4n) is 2.84. The van der Waals surface area contributed by atoms with Crippen LogP contribution < -0.4 is 5.32 Å². The molecule has 0 bridgehead atoms. The summed E-state index contributed by atoms with van der Waals surface area (Å²) in [5, 5.41) is 4.25. The first kappa shape index (κ1) is 15.3. The minimum absolute atomic E-state index is 0.0769. The lowest BCUT2D eigenvalue weighted by atomic mass is 10.0. The number of nitrogens with one attached hydrogen (secondary N) is 2. The zero-order valence-corrected chi connectivity index (χ0v) is 13.6. The van der Waals surface area contributed by atoms with Gasteiger partial charge in [0.1, 0.15) is 0 Å². The van der Waals surface area contributed by atoms with Crippen molar-refractivity contribution in [1.29, 1.82) is 0 Å². The van der Waals surface area contributed by atoms with Crippen LogP contribution in [0.4, 0.5) is 0 Å². The van der Waals surface area contributed by atoms with Gasteiger partial charge in [0, 0.05) is 23.6 Å². The molecular formula is C20H22N2O. The first-order valence-corrected chi connectivity index (χ1v) is 8.01. The van der Waals surface area contributed by atoms with Crippen LogP contribution in [0.3, 0.4) is 0 Å². The van der Waals surface area contributed by atoms with Gasteiger partial charge < -0.3 is 10.3 Å². The third kappa shape index (κ3) is 3.62. The summed E-state index contributed by atoms with van der Waals surface area (Å²) < 4.78 is 0. The van der Waals surface area contributed by atoms with Gasteiger partial charge in [-0.1, -0.05) is 36.4 Å². The van der Waals surface area contributed by atoms with Crippen molar-refractivity contribution < 1.29 is 4.79 Å². The zero-order valence-electron chi connectivity index (χ0n) is 13.6. The van der Waals surface area contributed by atoms with Crippen molar-refractivity contribution in [3.8, 4) is 0 Å². The summed E-state index contributed by atoms with van der Waals surface area (Å²) in [5.74, 6) is 0.0769. The number of hydrogen-bond acceptors (Lipinski definition) is 1. The Hall–Kier alpha value is -2.55. The number of carbonyl (C=O) groups excluding carboxylic acids is 1. The third-order valence-electron chi connectivity index (χ3n) is 4.33. The zero-order chi connectivity index (χ0) is 16.2. The number of aryl methyl sites for hydroxylation is 2. The number of para-hydroxylation sites is 1. The Bertz CT molecular complexity index is 833. The largest absolute Gasteiger partial charge is 0.361 e. The van der Waals surface area contributed by atoms with E-state index in [1.54, 1.807) is 0 Å². The van der Waals surface area contributed by atoms with Crippen LogP contribution in [0.5, 0.6) is 0 Å². The highest BCUT2D eigenvalue weighted by molar-refractivity contribution is 5.83. The number of H-pyrrole nitrogens is 1. The van der Waals surface area contributed by atoms with Gasteiger partial charge in [0.05, 0.1) is 6.42 Å². The topological polar surface area (TPSA) is 44.9 Å². The van der Waals surface area contributed by atoms with Gasteiger partial charge in [-0.25, -0.2) is 0 Å². The van der Waals surface area contributed by atoms with Gasteiger partial charge in [-0.3, -0.25) is 4.79 Å². The highest BCUT2D eigenvalue weighted by Gasteiger charge is 2.06. The van der Waals surface area contributed by atoms with Crippen molar-refractivity contribution in [3.05, 3.63) is 70.9 Å². The van der Waals surface area contributed by atoms with Gasteiger partial charge in [-0.05, 0) is 48.6 Å². The lowest BCUT2D eigenvalue weighted by molar-refractivity contribution is -0.120. The van der Waals surface area contributed by atoms with E-state index in [0.29, 0.717) is 13.0 Å². The Labute approximate surface area is 136 Å². The average Bonchev–Trinajstić information content (AvgIpc) is 2.94. The molecule has 1 heterocycles. The lowest BCUT2D eigenvalue weighted by Crippen LogP contribution is -2.27. The second kappa shape index (κ2) is 6.69. The van der Waals surface area contributed by atoms with Crippen LogP contribution in [-0.4, -0.2) is 17.4 Å². The molecule has 0 spiro atoms. The van der Waals surface area contributed by atoms with Crippen LogP contribution in [-0.2, 0) is 17.6 Å². The number of aromatic nitrogens is 1. The molecule has 3 heteroatoms. The molecule has 118 valence electrons. The summed E-state index contributed by atoms with van der Waals surface area (Å²) in [6.45, 7) is 4.82. The van der Waals surface area contributed by atoms with Crippen LogP contribution in [0.25, 0.3) is 10.9 Å². The van der Waals surface area contributed by atoms with E-state index in [-0.39, 0.29) is 5.91 Å². The first-order valence-electron chi connectivity index (χ1n) is 8.01. The van der Waals surface area contributed by atoms with E-state index < -0.39 is 0 Å².